The molecule has 0 amide bonds. The van der Waals surface area contributed by atoms with Gasteiger partial charge in [-0.25, -0.2) is 0 Å². The van der Waals surface area contributed by atoms with Gasteiger partial charge in [-0.2, -0.15) is 0 Å². The number of phenols is 1. The van der Waals surface area contributed by atoms with Crippen LogP contribution in [0.1, 0.15) is 57.4 Å². The Morgan fingerprint density at radius 3 is 2.14 bits per heavy atom. The zero-order valence-corrected chi connectivity index (χ0v) is 13.2. The molecule has 21 heavy (non-hydrogen) atoms. The van der Waals surface area contributed by atoms with Crippen molar-refractivity contribution >= 4 is 0 Å². The van der Waals surface area contributed by atoms with E-state index < -0.39 is 0 Å². The Morgan fingerprint density at radius 2 is 1.48 bits per heavy atom. The molecule has 1 unspecified atom stereocenters. The van der Waals surface area contributed by atoms with Gasteiger partial charge in [-0.3, -0.25) is 0 Å². The smallest absolute Gasteiger partial charge is 0.123 e. The summed E-state index contributed by atoms with van der Waals surface area (Å²) in [6.45, 7) is 4.50. The minimum atomic E-state index is 0.371. The molecule has 0 aliphatic heterocycles. The fraction of sp³-hybridized carbons (Fsp3) is 0.400. The molecule has 0 bridgehead atoms. The molecule has 0 aromatic heterocycles. The quantitative estimate of drug-likeness (QED) is 0.647. The summed E-state index contributed by atoms with van der Waals surface area (Å²) in [5, 5.41) is 10.2. The van der Waals surface area contributed by atoms with Gasteiger partial charge in [0.1, 0.15) is 5.75 Å². The molecule has 0 aliphatic carbocycles. The Hall–Kier alpha value is -1.76. The summed E-state index contributed by atoms with van der Waals surface area (Å²) < 4.78 is 0. The van der Waals surface area contributed by atoms with Crippen molar-refractivity contribution in [1.29, 1.82) is 0 Å². The Morgan fingerprint density at radius 1 is 0.810 bits per heavy atom. The van der Waals surface area contributed by atoms with Crippen LogP contribution in [0, 0.1) is 0 Å². The first-order chi connectivity index (χ1) is 10.3. The molecule has 2 aromatic rings. The highest BCUT2D eigenvalue weighted by molar-refractivity contribution is 5.73. The van der Waals surface area contributed by atoms with E-state index >= 15 is 0 Å². The summed E-state index contributed by atoms with van der Waals surface area (Å²) in [6.07, 6.45) is 6.14. The minimum Gasteiger partial charge on any atom is -0.507 e. The van der Waals surface area contributed by atoms with Crippen LogP contribution >= 0.6 is 0 Å². The predicted octanol–water partition coefficient (Wildman–Crippen LogP) is 6.13. The highest BCUT2D eigenvalue weighted by atomic mass is 16.3. The Balaban J connectivity index is 2.41. The van der Waals surface area contributed by atoms with E-state index in [0.29, 0.717) is 11.7 Å². The Labute approximate surface area is 128 Å². The van der Waals surface area contributed by atoms with Gasteiger partial charge in [-0.05, 0) is 36.0 Å². The Kier molecular flexibility index (Phi) is 5.86. The zero-order valence-electron chi connectivity index (χ0n) is 13.2. The van der Waals surface area contributed by atoms with Crippen molar-refractivity contribution in [3.63, 3.8) is 0 Å². The normalized spacial score (nSPS) is 12.3. The fourth-order valence-electron chi connectivity index (χ4n) is 3.05. The number of aromatic hydroxyl groups is 1. The highest BCUT2D eigenvalue weighted by Crippen LogP contribution is 2.38. The molecule has 0 aliphatic rings. The number of benzene rings is 2. The van der Waals surface area contributed by atoms with Gasteiger partial charge in [0.2, 0.25) is 0 Å². The molecular weight excluding hydrogens is 256 g/mol. The van der Waals surface area contributed by atoms with E-state index in [0.717, 1.165) is 5.56 Å². The van der Waals surface area contributed by atoms with Crippen LogP contribution in [0.2, 0.25) is 0 Å². The van der Waals surface area contributed by atoms with Crippen LogP contribution in [0.15, 0.2) is 48.5 Å². The van der Waals surface area contributed by atoms with Crippen LogP contribution in [0.4, 0.5) is 0 Å². The molecule has 1 nitrogen and oxygen atoms in total. The van der Waals surface area contributed by atoms with Crippen LogP contribution in [0.3, 0.4) is 0 Å². The van der Waals surface area contributed by atoms with E-state index in [1.54, 1.807) is 6.07 Å². The van der Waals surface area contributed by atoms with Gasteiger partial charge < -0.3 is 5.11 Å². The van der Waals surface area contributed by atoms with Gasteiger partial charge in [-0.15, -0.1) is 0 Å². The lowest BCUT2D eigenvalue weighted by atomic mass is 9.84. The lowest BCUT2D eigenvalue weighted by molar-refractivity contribution is 0.477. The van der Waals surface area contributed by atoms with Crippen molar-refractivity contribution in [2.24, 2.45) is 0 Å². The predicted molar refractivity (Wildman–Crippen MR) is 90.7 cm³/mol. The molecule has 2 rings (SSSR count). The van der Waals surface area contributed by atoms with Crippen LogP contribution in [-0.2, 0) is 0 Å². The molecular formula is C20H26O. The van der Waals surface area contributed by atoms with E-state index in [1.807, 2.05) is 18.2 Å². The molecule has 0 radical (unpaired) electrons. The summed E-state index contributed by atoms with van der Waals surface area (Å²) in [7, 11) is 0. The summed E-state index contributed by atoms with van der Waals surface area (Å²) in [6, 6.07) is 16.2. The minimum absolute atomic E-state index is 0.371. The summed E-state index contributed by atoms with van der Waals surface area (Å²) in [4.78, 5) is 0. The standard InChI is InChI=1S/C20H26O/c1-3-5-11-16(10-4-2)17-12-6-7-13-18(17)19-14-8-9-15-20(19)21/h6-9,12-16,21H,3-5,10-11H2,1-2H3. The molecule has 1 heteroatoms. The highest BCUT2D eigenvalue weighted by Gasteiger charge is 2.16. The van der Waals surface area contributed by atoms with Gasteiger partial charge in [-0.1, -0.05) is 75.6 Å². The van der Waals surface area contributed by atoms with Gasteiger partial charge in [0.15, 0.2) is 0 Å². The maximum Gasteiger partial charge on any atom is 0.123 e. The van der Waals surface area contributed by atoms with E-state index in [4.69, 9.17) is 0 Å². The number of phenolic OH excluding ortho intramolecular Hbond substituents is 1. The molecule has 112 valence electrons. The van der Waals surface area contributed by atoms with E-state index in [1.165, 1.54) is 43.2 Å². The monoisotopic (exact) mass is 282 g/mol. The van der Waals surface area contributed by atoms with E-state index in [-0.39, 0.29) is 0 Å². The number of para-hydroxylation sites is 1. The third-order valence-electron chi connectivity index (χ3n) is 4.14. The van der Waals surface area contributed by atoms with Crippen LogP contribution in [0.5, 0.6) is 5.75 Å². The maximum absolute atomic E-state index is 10.2. The first kappa shape index (κ1) is 15.6. The SMILES string of the molecule is CCCCC(CCC)c1ccccc1-c1ccccc1O. The second-order valence-electron chi connectivity index (χ2n) is 5.73. The van der Waals surface area contributed by atoms with Gasteiger partial charge in [0, 0.05) is 5.56 Å². The molecule has 0 spiro atoms. The second kappa shape index (κ2) is 7.87. The van der Waals surface area contributed by atoms with Crippen LogP contribution in [0.25, 0.3) is 11.1 Å². The molecule has 1 atom stereocenters. The van der Waals surface area contributed by atoms with Crippen molar-refractivity contribution in [2.75, 3.05) is 0 Å². The summed E-state index contributed by atoms with van der Waals surface area (Å²) in [5.74, 6) is 0.960. The lowest BCUT2D eigenvalue weighted by Gasteiger charge is -2.20. The van der Waals surface area contributed by atoms with Crippen molar-refractivity contribution in [3.8, 4) is 16.9 Å². The second-order valence-corrected chi connectivity index (χ2v) is 5.73. The number of hydrogen-bond acceptors (Lipinski definition) is 1. The molecule has 0 fully saturated rings. The largest absolute Gasteiger partial charge is 0.507 e. The first-order valence-corrected chi connectivity index (χ1v) is 8.15. The first-order valence-electron chi connectivity index (χ1n) is 8.15. The summed E-state index contributed by atoms with van der Waals surface area (Å²) >= 11 is 0. The van der Waals surface area contributed by atoms with Gasteiger partial charge in [0.25, 0.3) is 0 Å². The van der Waals surface area contributed by atoms with Gasteiger partial charge in [0.05, 0.1) is 0 Å². The topological polar surface area (TPSA) is 20.2 Å². The molecule has 2 aromatic carbocycles. The van der Waals surface area contributed by atoms with E-state index in [2.05, 4.69) is 38.1 Å². The molecule has 0 saturated heterocycles. The average Bonchev–Trinajstić information content (AvgIpc) is 2.52. The molecule has 0 heterocycles. The van der Waals surface area contributed by atoms with Crippen molar-refractivity contribution in [2.45, 2.75) is 51.9 Å². The number of rotatable bonds is 7. The maximum atomic E-state index is 10.2. The number of unbranched alkanes of at least 4 members (excludes halogenated alkanes) is 1. The van der Waals surface area contributed by atoms with Gasteiger partial charge >= 0.3 is 0 Å². The lowest BCUT2D eigenvalue weighted by Crippen LogP contribution is -2.01. The molecule has 1 N–H and O–H groups in total. The van der Waals surface area contributed by atoms with E-state index in [9.17, 15) is 5.11 Å². The fourth-order valence-corrected chi connectivity index (χ4v) is 3.05. The molecule has 0 saturated carbocycles. The van der Waals surface area contributed by atoms with Crippen molar-refractivity contribution in [1.82, 2.24) is 0 Å². The Bertz CT molecular complexity index is 559. The average molecular weight is 282 g/mol. The van der Waals surface area contributed by atoms with Crippen LogP contribution < -0.4 is 0 Å². The third-order valence-corrected chi connectivity index (χ3v) is 4.14. The van der Waals surface area contributed by atoms with Crippen LogP contribution in [-0.4, -0.2) is 5.11 Å². The van der Waals surface area contributed by atoms with Crippen molar-refractivity contribution in [3.05, 3.63) is 54.1 Å². The third kappa shape index (κ3) is 3.87. The van der Waals surface area contributed by atoms with Crippen molar-refractivity contribution < 1.29 is 5.11 Å². The number of hydrogen-bond donors (Lipinski definition) is 1. The zero-order chi connectivity index (χ0) is 15.1. The summed E-state index contributed by atoms with van der Waals surface area (Å²) in [5.41, 5.74) is 3.52.